The summed E-state index contributed by atoms with van der Waals surface area (Å²) in [4.78, 5) is 46.2. The van der Waals surface area contributed by atoms with E-state index in [1.165, 1.54) is 13.0 Å². The van der Waals surface area contributed by atoms with E-state index in [-0.39, 0.29) is 18.7 Å². The van der Waals surface area contributed by atoms with Gasteiger partial charge in [0.25, 0.3) is 0 Å². The number of allylic oxidation sites excluding steroid dienone is 1. The third-order valence-corrected chi connectivity index (χ3v) is 3.80. The van der Waals surface area contributed by atoms with E-state index in [0.29, 0.717) is 0 Å². The predicted octanol–water partition coefficient (Wildman–Crippen LogP) is 0.518. The first-order valence-corrected chi connectivity index (χ1v) is 8.72. The summed E-state index contributed by atoms with van der Waals surface area (Å²) < 4.78 is 26.6. The summed E-state index contributed by atoms with van der Waals surface area (Å²) >= 11 is 0. The van der Waals surface area contributed by atoms with Crippen LogP contribution >= 0.6 is 0 Å². The lowest BCUT2D eigenvalue weighted by Crippen LogP contribution is -2.64. The molecule has 0 amide bonds. The molecule has 0 radical (unpaired) electrons. The molecule has 0 unspecified atom stereocenters. The lowest BCUT2D eigenvalue weighted by molar-refractivity contribution is -0.241. The largest absolute Gasteiger partial charge is 0.463 e. The highest BCUT2D eigenvalue weighted by atomic mass is 16.8. The Kier molecular flexibility index (Phi) is 9.26. The van der Waals surface area contributed by atoms with E-state index in [4.69, 9.17) is 23.7 Å². The van der Waals surface area contributed by atoms with Crippen molar-refractivity contribution in [3.05, 3.63) is 12.7 Å². The first-order valence-electron chi connectivity index (χ1n) is 8.72. The van der Waals surface area contributed by atoms with Crippen LogP contribution in [-0.2, 0) is 42.9 Å². The Morgan fingerprint density at radius 3 is 1.90 bits per heavy atom. The molecule has 1 saturated heterocycles. The van der Waals surface area contributed by atoms with Crippen LogP contribution < -0.4 is 0 Å². The number of ether oxygens (including phenoxy) is 5. The average molecular weight is 421 g/mol. The first kappa shape index (κ1) is 24.1. The molecular formula is C18H25NO10. The van der Waals surface area contributed by atoms with E-state index < -0.39 is 54.4 Å². The second-order valence-corrected chi connectivity index (χ2v) is 6.20. The van der Waals surface area contributed by atoms with Gasteiger partial charge in [0.05, 0.1) is 5.71 Å². The minimum Gasteiger partial charge on any atom is -0.463 e. The topological polar surface area (TPSA) is 147 Å². The third-order valence-electron chi connectivity index (χ3n) is 3.80. The number of nitrogens with zero attached hydrogens (tertiary/aromatic N) is 1. The minimum absolute atomic E-state index is 0.0116. The van der Waals surface area contributed by atoms with Crippen molar-refractivity contribution in [2.45, 2.75) is 64.6 Å². The van der Waals surface area contributed by atoms with E-state index in [2.05, 4.69) is 11.7 Å². The first-order chi connectivity index (χ1) is 13.6. The molecule has 11 nitrogen and oxygen atoms in total. The van der Waals surface area contributed by atoms with Gasteiger partial charge in [-0.1, -0.05) is 11.2 Å². The van der Waals surface area contributed by atoms with Gasteiger partial charge in [-0.15, -0.1) is 6.58 Å². The van der Waals surface area contributed by atoms with E-state index in [1.54, 1.807) is 0 Å². The Balaban J connectivity index is 3.45. The predicted molar refractivity (Wildman–Crippen MR) is 96.0 cm³/mol. The monoisotopic (exact) mass is 421 g/mol. The third kappa shape index (κ3) is 7.18. The van der Waals surface area contributed by atoms with E-state index >= 15 is 0 Å². The van der Waals surface area contributed by atoms with Crippen LogP contribution in [0.25, 0.3) is 0 Å². The Morgan fingerprint density at radius 1 is 0.931 bits per heavy atom. The van der Waals surface area contributed by atoms with Crippen LogP contribution in [0.5, 0.6) is 0 Å². The number of rotatable bonds is 8. The average Bonchev–Trinajstić information content (AvgIpc) is 2.60. The molecule has 162 valence electrons. The second-order valence-electron chi connectivity index (χ2n) is 6.20. The smallest absolute Gasteiger partial charge is 0.303 e. The molecule has 0 aromatic heterocycles. The summed E-state index contributed by atoms with van der Waals surface area (Å²) in [5, 5.41) is 12.5. The van der Waals surface area contributed by atoms with E-state index in [0.717, 1.165) is 20.8 Å². The molecule has 0 spiro atoms. The Labute approximate surface area is 167 Å². The van der Waals surface area contributed by atoms with Crippen LogP contribution in [0.2, 0.25) is 0 Å². The minimum atomic E-state index is -1.32. The Morgan fingerprint density at radius 2 is 1.45 bits per heavy atom. The van der Waals surface area contributed by atoms with Crippen molar-refractivity contribution in [1.82, 2.24) is 0 Å². The van der Waals surface area contributed by atoms with Crippen molar-refractivity contribution in [2.75, 3.05) is 6.61 Å². The molecule has 0 aromatic carbocycles. The maximum Gasteiger partial charge on any atom is 0.303 e. The molecule has 0 aliphatic carbocycles. The molecule has 1 heterocycles. The number of carbonyl (C=O) groups excluding carboxylic acids is 4. The van der Waals surface area contributed by atoms with Crippen molar-refractivity contribution in [3.8, 4) is 0 Å². The lowest BCUT2D eigenvalue weighted by atomic mass is 10.3. The van der Waals surface area contributed by atoms with Crippen molar-refractivity contribution in [1.29, 1.82) is 0 Å². The van der Waals surface area contributed by atoms with Gasteiger partial charge in [-0.05, 0) is 0 Å². The van der Waals surface area contributed by atoms with Gasteiger partial charge in [-0.3, -0.25) is 19.2 Å². The molecule has 1 N–H and O–H groups in total. The molecule has 0 saturated carbocycles. The zero-order valence-corrected chi connectivity index (χ0v) is 16.7. The highest BCUT2D eigenvalue weighted by Crippen LogP contribution is 2.30. The highest BCUT2D eigenvalue weighted by Gasteiger charge is 2.53. The number of oxime groups is 1. The SMILES string of the molecule is C=CC/C(=N\O)[13C@@H]1O[13C@H]([13CH2]OC(C)=O)[13C@@H](OC(C)=O)[13C@H](OC(C)=O)[13C@H]1OC(C)=O. The van der Waals surface area contributed by atoms with Crippen LogP contribution in [-0.4, -0.2) is 71.9 Å². The second kappa shape index (κ2) is 11.1. The van der Waals surface area contributed by atoms with E-state index in [9.17, 15) is 24.4 Å². The van der Waals surface area contributed by atoms with Crippen molar-refractivity contribution in [3.63, 3.8) is 0 Å². The van der Waals surface area contributed by atoms with Crippen LogP contribution in [0.15, 0.2) is 17.8 Å². The fraction of sp³-hybridized carbons (Fsp3) is 0.611. The zero-order valence-electron chi connectivity index (χ0n) is 16.7. The fourth-order valence-corrected chi connectivity index (χ4v) is 2.86. The van der Waals surface area contributed by atoms with Crippen molar-refractivity contribution < 1.29 is 48.1 Å². The van der Waals surface area contributed by atoms with Gasteiger partial charge in [0.1, 0.15) is 18.8 Å². The number of hydrogen-bond acceptors (Lipinski definition) is 11. The molecule has 0 aromatic rings. The fourth-order valence-electron chi connectivity index (χ4n) is 2.86. The summed E-state index contributed by atoms with van der Waals surface area (Å²) in [6, 6.07) is 0. The van der Waals surface area contributed by atoms with Gasteiger partial charge in [0.2, 0.25) is 0 Å². The van der Waals surface area contributed by atoms with E-state index in [1.807, 2.05) is 0 Å². The maximum absolute atomic E-state index is 11.7. The van der Waals surface area contributed by atoms with Gasteiger partial charge in [0, 0.05) is 34.1 Å². The summed E-state index contributed by atoms with van der Waals surface area (Å²) in [7, 11) is 0. The molecule has 1 fully saturated rings. The molecular weight excluding hydrogens is 396 g/mol. The molecule has 1 rings (SSSR count). The van der Waals surface area contributed by atoms with Crippen molar-refractivity contribution >= 4 is 29.6 Å². The van der Waals surface area contributed by atoms with Crippen LogP contribution in [0.3, 0.4) is 0 Å². The quantitative estimate of drug-likeness (QED) is 0.112. The van der Waals surface area contributed by atoms with Crippen LogP contribution in [0.4, 0.5) is 0 Å². The summed E-state index contributed by atoms with van der Waals surface area (Å²) in [5.74, 6) is -2.84. The normalized spacial score (nSPS) is 26.8. The Bertz CT molecular complexity index is 674. The van der Waals surface area contributed by atoms with Gasteiger partial charge >= 0.3 is 23.9 Å². The number of esters is 4. The Hall–Kier alpha value is -2.95. The molecule has 11 heteroatoms. The zero-order chi connectivity index (χ0) is 22.1. The highest BCUT2D eigenvalue weighted by molar-refractivity contribution is 5.90. The molecule has 5 atom stereocenters. The van der Waals surface area contributed by atoms with Gasteiger partial charge in [-0.2, -0.15) is 0 Å². The lowest BCUT2D eigenvalue weighted by Gasteiger charge is -2.44. The molecule has 0 bridgehead atoms. The van der Waals surface area contributed by atoms with Gasteiger partial charge < -0.3 is 28.9 Å². The van der Waals surface area contributed by atoms with Crippen LogP contribution in [0.1, 0.15) is 34.1 Å². The summed E-state index contributed by atoms with van der Waals surface area (Å²) in [6.45, 7) is 7.72. The van der Waals surface area contributed by atoms with Crippen LogP contribution in [0, 0.1) is 0 Å². The van der Waals surface area contributed by atoms with Crippen molar-refractivity contribution in [2.24, 2.45) is 5.16 Å². The van der Waals surface area contributed by atoms with Gasteiger partial charge in [-0.25, -0.2) is 0 Å². The summed E-state index contributed by atoms with van der Waals surface area (Å²) in [5.41, 5.74) is 0.0116. The number of carbonyl (C=O) groups is 4. The standard InChI is InChI=1S/C18H25NO10/c1-6-7-13(19-24)15-17(27-11(4)22)18(28-12(5)23)16(26-10(3)21)14(29-15)8-25-9(2)20/h6,14-18,24H,1,7-8H2,2-5H3/b19-13+/t14-,15+,16-,17+,18+/m1/s1/i8+1,14+1,15+1,16+1,17+1,18+1. The number of hydrogen-bond donors (Lipinski definition) is 1. The molecule has 1 aliphatic rings. The van der Waals surface area contributed by atoms with Gasteiger partial charge in [0.15, 0.2) is 18.3 Å². The maximum atomic E-state index is 11.7. The molecule has 1 aliphatic heterocycles. The summed E-state index contributed by atoms with van der Waals surface area (Å²) in [6.07, 6.45) is -4.72. The molecule has 29 heavy (non-hydrogen) atoms.